The summed E-state index contributed by atoms with van der Waals surface area (Å²) < 4.78 is 0. The summed E-state index contributed by atoms with van der Waals surface area (Å²) in [6, 6.07) is 13.7. The number of ketones is 1. The van der Waals surface area contributed by atoms with Gasteiger partial charge in [-0.25, -0.2) is 0 Å². The lowest BCUT2D eigenvalue weighted by atomic mass is 10.0. The smallest absolute Gasteiger partial charge is 0.143 e. The van der Waals surface area contributed by atoms with Gasteiger partial charge in [-0.2, -0.15) is 0 Å². The Balaban J connectivity index is 1.96. The topological polar surface area (TPSA) is 30.0 Å². The summed E-state index contributed by atoms with van der Waals surface area (Å²) in [5.74, 6) is 0.201. The van der Waals surface area contributed by atoms with Crippen LogP contribution in [0.15, 0.2) is 48.7 Å². The summed E-state index contributed by atoms with van der Waals surface area (Å²) >= 11 is 0. The van der Waals surface area contributed by atoms with Gasteiger partial charge in [0.1, 0.15) is 5.78 Å². The maximum absolute atomic E-state index is 11.8. The van der Waals surface area contributed by atoms with Crippen molar-refractivity contribution in [2.24, 2.45) is 0 Å². The molecule has 0 aliphatic carbocycles. The second kappa shape index (κ2) is 5.39. The highest BCUT2D eigenvalue weighted by Crippen LogP contribution is 2.06. The van der Waals surface area contributed by atoms with E-state index in [4.69, 9.17) is 0 Å². The van der Waals surface area contributed by atoms with Crippen LogP contribution in [0.4, 0.5) is 0 Å². The van der Waals surface area contributed by atoms with Crippen LogP contribution in [0.25, 0.3) is 0 Å². The number of carbonyl (C=O) groups excluding carboxylic acids is 1. The number of nitrogens with zero attached hydrogens (tertiary/aromatic N) is 1. The first kappa shape index (κ1) is 11.5. The average molecular weight is 225 g/mol. The Morgan fingerprint density at radius 1 is 1.06 bits per heavy atom. The Morgan fingerprint density at radius 3 is 2.47 bits per heavy atom. The molecule has 2 heteroatoms. The number of rotatable bonds is 4. The van der Waals surface area contributed by atoms with Gasteiger partial charge in [0.15, 0.2) is 0 Å². The van der Waals surface area contributed by atoms with Crippen molar-refractivity contribution in [2.45, 2.75) is 19.8 Å². The number of hydrogen-bond donors (Lipinski definition) is 0. The van der Waals surface area contributed by atoms with Gasteiger partial charge in [-0.15, -0.1) is 0 Å². The van der Waals surface area contributed by atoms with Crippen molar-refractivity contribution in [2.75, 3.05) is 0 Å². The van der Waals surface area contributed by atoms with E-state index in [1.807, 2.05) is 49.4 Å². The van der Waals surface area contributed by atoms with E-state index in [1.54, 1.807) is 6.20 Å². The summed E-state index contributed by atoms with van der Waals surface area (Å²) in [5, 5.41) is 0. The summed E-state index contributed by atoms with van der Waals surface area (Å²) in [6.45, 7) is 2.04. The molecule has 0 fully saturated rings. The number of pyridine rings is 1. The minimum Gasteiger partial charge on any atom is -0.299 e. The van der Waals surface area contributed by atoms with Crippen LogP contribution in [0.5, 0.6) is 0 Å². The normalized spacial score (nSPS) is 10.2. The standard InChI is InChI=1S/C15H15NO/c1-12-5-7-13(8-6-12)10-15(17)11-14-4-2-3-9-16-14/h2-9H,10-11H2,1H3. The van der Waals surface area contributed by atoms with Crippen LogP contribution in [0.3, 0.4) is 0 Å². The zero-order valence-electron chi connectivity index (χ0n) is 9.89. The molecule has 2 rings (SSSR count). The quantitative estimate of drug-likeness (QED) is 0.800. The van der Waals surface area contributed by atoms with Crippen LogP contribution in [-0.4, -0.2) is 10.8 Å². The fourth-order valence-electron chi connectivity index (χ4n) is 1.70. The van der Waals surface area contributed by atoms with E-state index in [1.165, 1.54) is 5.56 Å². The molecule has 2 nitrogen and oxygen atoms in total. The van der Waals surface area contributed by atoms with Crippen molar-refractivity contribution in [3.8, 4) is 0 Å². The maximum atomic E-state index is 11.8. The van der Waals surface area contributed by atoms with E-state index < -0.39 is 0 Å². The molecule has 1 heterocycles. The van der Waals surface area contributed by atoms with E-state index >= 15 is 0 Å². The number of Topliss-reactive ketones (excluding diaryl/α,β-unsaturated/α-hetero) is 1. The number of carbonyl (C=O) groups is 1. The first-order valence-corrected chi connectivity index (χ1v) is 5.71. The molecule has 17 heavy (non-hydrogen) atoms. The summed E-state index contributed by atoms with van der Waals surface area (Å²) in [5.41, 5.74) is 3.12. The molecule has 0 atom stereocenters. The highest BCUT2D eigenvalue weighted by Gasteiger charge is 2.05. The van der Waals surface area contributed by atoms with Gasteiger partial charge < -0.3 is 0 Å². The second-order valence-corrected chi connectivity index (χ2v) is 4.20. The van der Waals surface area contributed by atoms with Crippen LogP contribution in [0.1, 0.15) is 16.8 Å². The monoisotopic (exact) mass is 225 g/mol. The molecule has 0 N–H and O–H groups in total. The van der Waals surface area contributed by atoms with Gasteiger partial charge in [0.25, 0.3) is 0 Å². The second-order valence-electron chi connectivity index (χ2n) is 4.20. The van der Waals surface area contributed by atoms with E-state index in [9.17, 15) is 4.79 Å². The third-order valence-electron chi connectivity index (χ3n) is 2.63. The molecule has 1 aromatic carbocycles. The molecule has 0 bridgehead atoms. The molecule has 0 aliphatic rings. The van der Waals surface area contributed by atoms with Crippen molar-refractivity contribution in [1.82, 2.24) is 4.98 Å². The van der Waals surface area contributed by atoms with Crippen molar-refractivity contribution in [3.05, 3.63) is 65.5 Å². The molecule has 0 spiro atoms. The number of hydrogen-bond acceptors (Lipinski definition) is 2. The van der Waals surface area contributed by atoms with Crippen LogP contribution in [0.2, 0.25) is 0 Å². The molecule has 0 aliphatic heterocycles. The number of aromatic nitrogens is 1. The van der Waals surface area contributed by atoms with Crippen molar-refractivity contribution in [3.63, 3.8) is 0 Å². The fourth-order valence-corrected chi connectivity index (χ4v) is 1.70. The third-order valence-corrected chi connectivity index (χ3v) is 2.63. The molecule has 0 saturated carbocycles. The maximum Gasteiger partial charge on any atom is 0.143 e. The zero-order valence-corrected chi connectivity index (χ0v) is 9.89. The lowest BCUT2D eigenvalue weighted by molar-refractivity contribution is -0.117. The van der Waals surface area contributed by atoms with Gasteiger partial charge >= 0.3 is 0 Å². The Labute approximate surface area is 101 Å². The molecule has 86 valence electrons. The lowest BCUT2D eigenvalue weighted by Crippen LogP contribution is -2.07. The summed E-state index contributed by atoms with van der Waals surface area (Å²) in [7, 11) is 0. The van der Waals surface area contributed by atoms with Gasteiger partial charge in [-0.1, -0.05) is 35.9 Å². The van der Waals surface area contributed by atoms with Crippen molar-refractivity contribution < 1.29 is 4.79 Å². The Bertz CT molecular complexity index is 488. The van der Waals surface area contributed by atoms with Crippen LogP contribution in [-0.2, 0) is 17.6 Å². The zero-order chi connectivity index (χ0) is 12.1. The summed E-state index contributed by atoms with van der Waals surface area (Å²) in [4.78, 5) is 16.0. The molecule has 0 unspecified atom stereocenters. The van der Waals surface area contributed by atoms with E-state index in [0.29, 0.717) is 12.8 Å². The number of aryl methyl sites for hydroxylation is 1. The molecule has 1 aromatic heterocycles. The fraction of sp³-hybridized carbons (Fsp3) is 0.200. The van der Waals surface area contributed by atoms with E-state index in [2.05, 4.69) is 4.98 Å². The summed E-state index contributed by atoms with van der Waals surface area (Å²) in [6.07, 6.45) is 2.61. The third kappa shape index (κ3) is 3.52. The Kier molecular flexibility index (Phi) is 3.66. The molecule has 0 amide bonds. The van der Waals surface area contributed by atoms with Gasteiger partial charge in [0.05, 0.1) is 0 Å². The lowest BCUT2D eigenvalue weighted by Gasteiger charge is -2.01. The van der Waals surface area contributed by atoms with Gasteiger partial charge in [0, 0.05) is 24.7 Å². The van der Waals surface area contributed by atoms with Crippen LogP contribution in [0, 0.1) is 6.92 Å². The van der Waals surface area contributed by atoms with Crippen molar-refractivity contribution >= 4 is 5.78 Å². The highest BCUT2D eigenvalue weighted by molar-refractivity contribution is 5.82. The molecule has 2 aromatic rings. The molecular weight excluding hydrogens is 210 g/mol. The number of benzene rings is 1. The van der Waals surface area contributed by atoms with Gasteiger partial charge in [0.2, 0.25) is 0 Å². The SMILES string of the molecule is Cc1ccc(CC(=O)Cc2ccccn2)cc1. The Hall–Kier alpha value is -1.96. The molecular formula is C15H15NO. The predicted molar refractivity (Wildman–Crippen MR) is 67.8 cm³/mol. The van der Waals surface area contributed by atoms with Gasteiger partial charge in [-0.05, 0) is 24.6 Å². The predicted octanol–water partition coefficient (Wildman–Crippen LogP) is 2.74. The minimum absolute atomic E-state index is 0.201. The average Bonchev–Trinajstić information content (AvgIpc) is 2.33. The molecule has 0 saturated heterocycles. The van der Waals surface area contributed by atoms with Crippen LogP contribution < -0.4 is 0 Å². The van der Waals surface area contributed by atoms with Crippen molar-refractivity contribution in [1.29, 1.82) is 0 Å². The van der Waals surface area contributed by atoms with Crippen LogP contribution >= 0.6 is 0 Å². The Morgan fingerprint density at radius 2 is 1.82 bits per heavy atom. The largest absolute Gasteiger partial charge is 0.299 e. The van der Waals surface area contributed by atoms with E-state index in [0.717, 1.165) is 11.3 Å². The van der Waals surface area contributed by atoms with Gasteiger partial charge in [-0.3, -0.25) is 9.78 Å². The minimum atomic E-state index is 0.201. The van der Waals surface area contributed by atoms with E-state index in [-0.39, 0.29) is 5.78 Å². The highest BCUT2D eigenvalue weighted by atomic mass is 16.1. The first-order chi connectivity index (χ1) is 8.24. The first-order valence-electron chi connectivity index (χ1n) is 5.71. The molecule has 0 radical (unpaired) electrons.